The largest absolute Gasteiger partial charge is 0.497 e. The van der Waals surface area contributed by atoms with Gasteiger partial charge in [0.1, 0.15) is 6.61 Å². The van der Waals surface area contributed by atoms with E-state index in [4.69, 9.17) is 4.74 Å². The SMILES string of the molecule is C=C(CCN(C)C)OCCN(C)C. The second-order valence-corrected chi connectivity index (χ2v) is 3.74. The van der Waals surface area contributed by atoms with E-state index in [1.165, 1.54) is 0 Å². The number of nitrogens with zero attached hydrogens (tertiary/aromatic N) is 2. The molecule has 0 saturated carbocycles. The van der Waals surface area contributed by atoms with Crippen LogP contribution in [0.5, 0.6) is 0 Å². The number of likely N-dealkylation sites (N-methyl/N-ethyl adjacent to an activating group) is 1. The van der Waals surface area contributed by atoms with Crippen LogP contribution in [0.25, 0.3) is 0 Å². The summed E-state index contributed by atoms with van der Waals surface area (Å²) in [6.45, 7) is 6.54. The molecule has 0 bridgehead atoms. The lowest BCUT2D eigenvalue weighted by Crippen LogP contribution is -2.19. The van der Waals surface area contributed by atoms with Crippen molar-refractivity contribution in [3.05, 3.63) is 12.3 Å². The molecule has 0 atom stereocenters. The number of hydrogen-bond donors (Lipinski definition) is 0. The van der Waals surface area contributed by atoms with Crippen molar-refractivity contribution >= 4 is 0 Å². The molecule has 3 nitrogen and oxygen atoms in total. The van der Waals surface area contributed by atoms with Crippen molar-refractivity contribution in [2.45, 2.75) is 6.42 Å². The van der Waals surface area contributed by atoms with E-state index in [9.17, 15) is 0 Å². The lowest BCUT2D eigenvalue weighted by atomic mass is 10.3. The summed E-state index contributed by atoms with van der Waals surface area (Å²) in [5.74, 6) is 0.885. The normalized spacial score (nSPS) is 10.9. The van der Waals surface area contributed by atoms with Crippen molar-refractivity contribution in [1.29, 1.82) is 0 Å². The third-order valence-electron chi connectivity index (χ3n) is 1.68. The van der Waals surface area contributed by atoms with Crippen LogP contribution in [0.4, 0.5) is 0 Å². The molecule has 0 aliphatic rings. The van der Waals surface area contributed by atoms with Crippen LogP contribution < -0.4 is 0 Å². The van der Waals surface area contributed by atoms with Crippen molar-refractivity contribution in [3.8, 4) is 0 Å². The summed E-state index contributed by atoms with van der Waals surface area (Å²) in [7, 11) is 8.16. The summed E-state index contributed by atoms with van der Waals surface area (Å²) in [4.78, 5) is 4.22. The van der Waals surface area contributed by atoms with E-state index < -0.39 is 0 Å². The number of rotatable bonds is 7. The zero-order valence-corrected chi connectivity index (χ0v) is 9.34. The van der Waals surface area contributed by atoms with Crippen molar-refractivity contribution < 1.29 is 4.74 Å². The van der Waals surface area contributed by atoms with E-state index in [1.807, 2.05) is 28.2 Å². The molecule has 0 saturated heterocycles. The Balaban J connectivity index is 3.30. The summed E-state index contributed by atoms with van der Waals surface area (Å²) in [6.07, 6.45) is 0.917. The molecule has 0 aromatic carbocycles. The summed E-state index contributed by atoms with van der Waals surface area (Å²) in [5.41, 5.74) is 0. The topological polar surface area (TPSA) is 15.7 Å². The molecule has 0 aliphatic carbocycles. The smallest absolute Gasteiger partial charge is 0.100 e. The highest BCUT2D eigenvalue weighted by molar-refractivity contribution is 4.82. The van der Waals surface area contributed by atoms with Crippen LogP contribution in [0.2, 0.25) is 0 Å². The predicted octanol–water partition coefficient (Wildman–Crippen LogP) is 1.03. The van der Waals surface area contributed by atoms with Gasteiger partial charge in [0, 0.05) is 19.5 Å². The fraction of sp³-hybridized carbons (Fsp3) is 0.800. The second kappa shape index (κ2) is 6.92. The Bertz CT molecular complexity index is 144. The molecule has 0 rings (SSSR count). The minimum atomic E-state index is 0.735. The van der Waals surface area contributed by atoms with Gasteiger partial charge in [-0.15, -0.1) is 0 Å². The Morgan fingerprint density at radius 3 is 2.08 bits per heavy atom. The van der Waals surface area contributed by atoms with Crippen LogP contribution in [0.3, 0.4) is 0 Å². The standard InChI is InChI=1S/C10H22N2O/c1-10(6-7-11(2)3)13-9-8-12(4)5/h1,6-9H2,2-5H3. The molecule has 0 unspecified atom stereocenters. The van der Waals surface area contributed by atoms with E-state index in [0.29, 0.717) is 0 Å². The van der Waals surface area contributed by atoms with Crippen molar-refractivity contribution in [2.75, 3.05) is 47.9 Å². The average molecular weight is 186 g/mol. The molecule has 0 fully saturated rings. The Labute approximate surface area is 82.0 Å². The highest BCUT2D eigenvalue weighted by Crippen LogP contribution is 2.00. The molecule has 0 spiro atoms. The van der Waals surface area contributed by atoms with Gasteiger partial charge in [-0.25, -0.2) is 0 Å². The summed E-state index contributed by atoms with van der Waals surface area (Å²) >= 11 is 0. The van der Waals surface area contributed by atoms with E-state index in [2.05, 4.69) is 16.4 Å². The Morgan fingerprint density at radius 1 is 1.08 bits per heavy atom. The van der Waals surface area contributed by atoms with Crippen LogP contribution in [0.1, 0.15) is 6.42 Å². The Hall–Kier alpha value is -0.540. The van der Waals surface area contributed by atoms with Crippen molar-refractivity contribution in [1.82, 2.24) is 9.80 Å². The minimum absolute atomic E-state index is 0.735. The highest BCUT2D eigenvalue weighted by Gasteiger charge is 1.97. The maximum Gasteiger partial charge on any atom is 0.100 e. The maximum absolute atomic E-state index is 5.44. The highest BCUT2D eigenvalue weighted by atomic mass is 16.5. The molecule has 0 N–H and O–H groups in total. The Kier molecular flexibility index (Phi) is 6.63. The fourth-order valence-corrected chi connectivity index (χ4v) is 0.793. The number of hydrogen-bond acceptors (Lipinski definition) is 3. The van der Waals surface area contributed by atoms with Gasteiger partial charge in [0.2, 0.25) is 0 Å². The van der Waals surface area contributed by atoms with Crippen LogP contribution in [0, 0.1) is 0 Å². The summed E-state index contributed by atoms with van der Waals surface area (Å²) in [6, 6.07) is 0. The first-order chi connectivity index (χ1) is 6.02. The van der Waals surface area contributed by atoms with Crippen molar-refractivity contribution in [2.24, 2.45) is 0 Å². The molecule has 13 heavy (non-hydrogen) atoms. The molecule has 0 aliphatic heterocycles. The van der Waals surface area contributed by atoms with Gasteiger partial charge < -0.3 is 14.5 Å². The fourth-order valence-electron chi connectivity index (χ4n) is 0.793. The third-order valence-corrected chi connectivity index (χ3v) is 1.68. The van der Waals surface area contributed by atoms with Crippen LogP contribution in [-0.2, 0) is 4.74 Å². The molecule has 0 amide bonds. The van der Waals surface area contributed by atoms with E-state index >= 15 is 0 Å². The lowest BCUT2D eigenvalue weighted by Gasteiger charge is -2.14. The van der Waals surface area contributed by atoms with E-state index in [1.54, 1.807) is 0 Å². The van der Waals surface area contributed by atoms with Gasteiger partial charge in [-0.05, 0) is 28.2 Å². The minimum Gasteiger partial charge on any atom is -0.497 e. The number of ether oxygens (including phenoxy) is 1. The van der Waals surface area contributed by atoms with Crippen LogP contribution >= 0.6 is 0 Å². The quantitative estimate of drug-likeness (QED) is 0.552. The Morgan fingerprint density at radius 2 is 1.62 bits per heavy atom. The van der Waals surface area contributed by atoms with E-state index in [-0.39, 0.29) is 0 Å². The summed E-state index contributed by atoms with van der Waals surface area (Å²) in [5, 5.41) is 0. The van der Waals surface area contributed by atoms with Gasteiger partial charge in [0.05, 0.1) is 5.76 Å². The maximum atomic E-state index is 5.44. The average Bonchev–Trinajstić information content (AvgIpc) is 2.00. The van der Waals surface area contributed by atoms with Gasteiger partial charge in [0.15, 0.2) is 0 Å². The third kappa shape index (κ3) is 9.37. The molecular formula is C10H22N2O. The van der Waals surface area contributed by atoms with Gasteiger partial charge in [0.25, 0.3) is 0 Å². The van der Waals surface area contributed by atoms with Crippen LogP contribution in [0.15, 0.2) is 12.3 Å². The first-order valence-corrected chi connectivity index (χ1v) is 4.62. The van der Waals surface area contributed by atoms with Crippen molar-refractivity contribution in [3.63, 3.8) is 0 Å². The molecule has 0 aromatic rings. The van der Waals surface area contributed by atoms with Gasteiger partial charge in [-0.2, -0.15) is 0 Å². The van der Waals surface area contributed by atoms with E-state index in [0.717, 1.165) is 31.9 Å². The molecule has 0 aromatic heterocycles. The molecule has 78 valence electrons. The van der Waals surface area contributed by atoms with Gasteiger partial charge in [-0.1, -0.05) is 6.58 Å². The monoisotopic (exact) mass is 186 g/mol. The molecule has 0 radical (unpaired) electrons. The second-order valence-electron chi connectivity index (χ2n) is 3.74. The lowest BCUT2D eigenvalue weighted by molar-refractivity contribution is 0.172. The van der Waals surface area contributed by atoms with Gasteiger partial charge >= 0.3 is 0 Å². The van der Waals surface area contributed by atoms with Gasteiger partial charge in [-0.3, -0.25) is 0 Å². The molecular weight excluding hydrogens is 164 g/mol. The first kappa shape index (κ1) is 12.5. The molecule has 3 heteroatoms. The van der Waals surface area contributed by atoms with Crippen LogP contribution in [-0.4, -0.2) is 57.7 Å². The predicted molar refractivity (Wildman–Crippen MR) is 56.8 cm³/mol. The zero-order valence-electron chi connectivity index (χ0n) is 9.34. The molecule has 0 heterocycles. The first-order valence-electron chi connectivity index (χ1n) is 4.62. The summed E-state index contributed by atoms with van der Waals surface area (Å²) < 4.78 is 5.44. The zero-order chi connectivity index (χ0) is 10.3.